The quantitative estimate of drug-likeness (QED) is 0.343. The number of likely N-dealkylation sites (tertiary alicyclic amines) is 1. The van der Waals surface area contributed by atoms with E-state index in [-0.39, 0.29) is 23.6 Å². The minimum atomic E-state index is -0.859. The molecule has 1 aromatic heterocycles. The van der Waals surface area contributed by atoms with Crippen LogP contribution in [0.5, 0.6) is 5.75 Å². The molecule has 0 radical (unpaired) electrons. The van der Waals surface area contributed by atoms with E-state index in [1.165, 1.54) is 17.0 Å². The minimum absolute atomic E-state index is 0.000402. The summed E-state index contributed by atoms with van der Waals surface area (Å²) in [7, 11) is 0. The lowest BCUT2D eigenvalue weighted by Crippen LogP contribution is -2.29. The molecule has 3 aromatic rings. The van der Waals surface area contributed by atoms with Gasteiger partial charge in [-0.3, -0.25) is 14.6 Å². The largest absolute Gasteiger partial charge is 0.508 e. The lowest BCUT2D eigenvalue weighted by molar-refractivity contribution is -0.140. The van der Waals surface area contributed by atoms with Gasteiger partial charge in [0.1, 0.15) is 11.5 Å². The number of hydrogen-bond acceptors (Lipinski definition) is 5. The molecule has 4 rings (SSSR count). The van der Waals surface area contributed by atoms with Crippen molar-refractivity contribution in [3.8, 4) is 5.75 Å². The molecule has 150 valence electrons. The van der Waals surface area contributed by atoms with Crippen LogP contribution < -0.4 is 0 Å². The van der Waals surface area contributed by atoms with Gasteiger partial charge in [0.05, 0.1) is 23.9 Å². The topological polar surface area (TPSA) is 90.7 Å². The van der Waals surface area contributed by atoms with Gasteiger partial charge in [-0.15, -0.1) is 0 Å². The number of nitrogens with zero attached hydrogens (tertiary/aromatic N) is 2. The third kappa shape index (κ3) is 3.71. The number of hydrogen-bond donors (Lipinski definition) is 2. The van der Waals surface area contributed by atoms with E-state index in [0.717, 1.165) is 4.47 Å². The molecule has 0 bridgehead atoms. The van der Waals surface area contributed by atoms with Gasteiger partial charge in [-0.05, 0) is 42.0 Å². The van der Waals surface area contributed by atoms with E-state index in [4.69, 9.17) is 0 Å². The highest BCUT2D eigenvalue weighted by molar-refractivity contribution is 9.10. The van der Waals surface area contributed by atoms with Crippen molar-refractivity contribution in [3.63, 3.8) is 0 Å². The molecular weight excluding hydrogens is 448 g/mol. The number of aliphatic hydroxyl groups excluding tert-OH is 1. The number of rotatable bonds is 4. The van der Waals surface area contributed by atoms with E-state index >= 15 is 0 Å². The average molecular weight is 465 g/mol. The highest BCUT2D eigenvalue weighted by atomic mass is 79.9. The Hall–Kier alpha value is -3.45. The Morgan fingerprint density at radius 3 is 2.47 bits per heavy atom. The number of halogens is 1. The lowest BCUT2D eigenvalue weighted by atomic mass is 9.95. The van der Waals surface area contributed by atoms with Crippen LogP contribution in [0.1, 0.15) is 22.9 Å². The molecule has 2 aromatic carbocycles. The highest BCUT2D eigenvalue weighted by Crippen LogP contribution is 2.40. The van der Waals surface area contributed by atoms with E-state index in [9.17, 15) is 19.8 Å². The molecule has 0 spiro atoms. The Morgan fingerprint density at radius 2 is 1.80 bits per heavy atom. The minimum Gasteiger partial charge on any atom is -0.508 e. The van der Waals surface area contributed by atoms with Crippen LogP contribution in [0.15, 0.2) is 83.0 Å². The second kappa shape index (κ2) is 8.12. The van der Waals surface area contributed by atoms with Crippen molar-refractivity contribution in [2.75, 3.05) is 0 Å². The van der Waals surface area contributed by atoms with Crippen molar-refractivity contribution in [1.29, 1.82) is 0 Å². The Balaban J connectivity index is 1.87. The number of pyridine rings is 1. The number of carbonyl (C=O) groups is 2. The summed E-state index contributed by atoms with van der Waals surface area (Å²) in [6.45, 7) is 0.0862. The number of benzene rings is 2. The predicted octanol–water partition coefficient (Wildman–Crippen LogP) is 4.17. The van der Waals surface area contributed by atoms with Gasteiger partial charge in [-0.1, -0.05) is 46.3 Å². The smallest absolute Gasteiger partial charge is 0.296 e. The normalized spacial score (nSPS) is 18.0. The number of aromatic hydroxyl groups is 1. The number of phenols is 1. The molecule has 1 fully saturated rings. The second-order valence-electron chi connectivity index (χ2n) is 6.85. The fraction of sp³-hybridized carbons (Fsp3) is 0.0870. The second-order valence-corrected chi connectivity index (χ2v) is 7.77. The van der Waals surface area contributed by atoms with Gasteiger partial charge in [0, 0.05) is 16.2 Å². The van der Waals surface area contributed by atoms with E-state index in [1.807, 2.05) is 0 Å². The zero-order valence-corrected chi connectivity index (χ0v) is 17.3. The van der Waals surface area contributed by atoms with Crippen molar-refractivity contribution in [2.24, 2.45) is 0 Å². The number of amides is 1. The number of aromatic nitrogens is 1. The van der Waals surface area contributed by atoms with Crippen LogP contribution in [0, 0.1) is 0 Å². The highest BCUT2D eigenvalue weighted by Gasteiger charge is 2.46. The van der Waals surface area contributed by atoms with Crippen molar-refractivity contribution in [2.45, 2.75) is 12.6 Å². The summed E-state index contributed by atoms with van der Waals surface area (Å²) >= 11 is 3.34. The van der Waals surface area contributed by atoms with Gasteiger partial charge in [-0.2, -0.15) is 0 Å². The van der Waals surface area contributed by atoms with Crippen LogP contribution in [0.3, 0.4) is 0 Å². The number of phenolic OH excluding ortho intramolecular Hbond substituents is 1. The van der Waals surface area contributed by atoms with Crippen molar-refractivity contribution in [1.82, 2.24) is 9.88 Å². The van der Waals surface area contributed by atoms with Gasteiger partial charge in [0.2, 0.25) is 0 Å². The fourth-order valence-electron chi connectivity index (χ4n) is 3.51. The van der Waals surface area contributed by atoms with Crippen LogP contribution in [0.4, 0.5) is 0 Å². The van der Waals surface area contributed by atoms with E-state index < -0.39 is 17.7 Å². The number of carbonyl (C=O) groups excluding carboxylic acids is 2. The standard InChI is InChI=1S/C23H17BrN2O4/c24-16-9-7-14(8-10-16)21(28)19-20(15-4-3-6-18(27)12-15)26(23(30)22(19)29)13-17-5-1-2-11-25-17/h1-12,20,27-28H,13H2/b21-19-. The zero-order chi connectivity index (χ0) is 21.3. The fourth-order valence-corrected chi connectivity index (χ4v) is 3.78. The number of ketones is 1. The summed E-state index contributed by atoms with van der Waals surface area (Å²) in [5.41, 5.74) is 1.51. The number of aliphatic hydroxyl groups is 1. The SMILES string of the molecule is O=C1C(=O)N(Cc2ccccn2)C(c2cccc(O)c2)/C1=C(/O)c1ccc(Br)cc1. The Bertz CT molecular complexity index is 1140. The molecular formula is C23H17BrN2O4. The van der Waals surface area contributed by atoms with E-state index in [0.29, 0.717) is 16.8 Å². The maximum absolute atomic E-state index is 13.0. The summed E-state index contributed by atoms with van der Waals surface area (Å²) in [6, 6.07) is 17.6. The summed E-state index contributed by atoms with van der Waals surface area (Å²) in [5.74, 6) is -1.77. The maximum atomic E-state index is 13.0. The first kappa shape index (κ1) is 19.8. The summed E-state index contributed by atoms with van der Waals surface area (Å²) in [6.07, 6.45) is 1.61. The van der Waals surface area contributed by atoms with Crippen LogP contribution in [-0.2, 0) is 16.1 Å². The molecule has 6 nitrogen and oxygen atoms in total. The molecule has 0 saturated carbocycles. The van der Waals surface area contributed by atoms with Gasteiger partial charge in [-0.25, -0.2) is 0 Å². The molecule has 30 heavy (non-hydrogen) atoms. The summed E-state index contributed by atoms with van der Waals surface area (Å²) < 4.78 is 0.819. The zero-order valence-electron chi connectivity index (χ0n) is 15.7. The third-order valence-corrected chi connectivity index (χ3v) is 5.43. The maximum Gasteiger partial charge on any atom is 0.296 e. The summed E-state index contributed by atoms with van der Waals surface area (Å²) in [5, 5.41) is 20.9. The van der Waals surface area contributed by atoms with Crippen molar-refractivity contribution >= 4 is 33.4 Å². The first-order chi connectivity index (χ1) is 14.5. The van der Waals surface area contributed by atoms with Gasteiger partial charge >= 0.3 is 0 Å². The van der Waals surface area contributed by atoms with Crippen molar-refractivity contribution in [3.05, 3.63) is 99.8 Å². The van der Waals surface area contributed by atoms with Crippen molar-refractivity contribution < 1.29 is 19.8 Å². The molecule has 2 N–H and O–H groups in total. The Morgan fingerprint density at radius 1 is 1.03 bits per heavy atom. The first-order valence-corrected chi connectivity index (χ1v) is 9.98. The Labute approximate surface area is 181 Å². The molecule has 1 amide bonds. The molecule has 1 unspecified atom stereocenters. The Kier molecular flexibility index (Phi) is 5.37. The molecule has 1 aliphatic heterocycles. The molecule has 1 atom stereocenters. The lowest BCUT2D eigenvalue weighted by Gasteiger charge is -2.25. The summed E-state index contributed by atoms with van der Waals surface area (Å²) in [4.78, 5) is 31.5. The van der Waals surface area contributed by atoms with Gasteiger partial charge in [0.15, 0.2) is 0 Å². The van der Waals surface area contributed by atoms with Gasteiger partial charge in [0.25, 0.3) is 11.7 Å². The van der Waals surface area contributed by atoms with Gasteiger partial charge < -0.3 is 15.1 Å². The van der Waals surface area contributed by atoms with E-state index in [2.05, 4.69) is 20.9 Å². The number of Topliss-reactive ketones (excluding diaryl/α,β-unsaturated/α-hetero) is 1. The van der Waals surface area contributed by atoms with Crippen LogP contribution in [-0.4, -0.2) is 31.8 Å². The van der Waals surface area contributed by atoms with Crippen LogP contribution in [0.2, 0.25) is 0 Å². The molecule has 1 aliphatic rings. The molecule has 2 heterocycles. The predicted molar refractivity (Wildman–Crippen MR) is 114 cm³/mol. The molecule has 0 aliphatic carbocycles. The monoisotopic (exact) mass is 464 g/mol. The molecule has 7 heteroatoms. The van der Waals surface area contributed by atoms with Crippen LogP contribution in [0.25, 0.3) is 5.76 Å². The first-order valence-electron chi connectivity index (χ1n) is 9.19. The average Bonchev–Trinajstić information content (AvgIpc) is 2.99. The molecule has 1 saturated heterocycles. The third-order valence-electron chi connectivity index (χ3n) is 4.90. The van der Waals surface area contributed by atoms with Crippen LogP contribution >= 0.6 is 15.9 Å². The van der Waals surface area contributed by atoms with E-state index in [1.54, 1.807) is 60.8 Å².